The van der Waals surface area contributed by atoms with Gasteiger partial charge in [0.15, 0.2) is 0 Å². The van der Waals surface area contributed by atoms with Crippen molar-refractivity contribution in [1.29, 1.82) is 0 Å². The maximum atomic E-state index is 3.47. The summed E-state index contributed by atoms with van der Waals surface area (Å²) in [5.74, 6) is 0. The van der Waals surface area contributed by atoms with Gasteiger partial charge in [0.2, 0.25) is 0 Å². The van der Waals surface area contributed by atoms with Crippen LogP contribution in [-0.2, 0) is 0 Å². The number of fused-ring (bicyclic) bond motifs is 2. The third kappa shape index (κ3) is 1.32. The van der Waals surface area contributed by atoms with E-state index in [1.807, 2.05) is 0 Å². The molecule has 1 heterocycles. The first-order valence-electron chi connectivity index (χ1n) is 4.56. The summed E-state index contributed by atoms with van der Waals surface area (Å²) in [6.45, 7) is 0. The average Bonchev–Trinajstić information content (AvgIpc) is 2.26. The average molecular weight is 295 g/mol. The Bertz CT molecular complexity index is 392. The molecule has 2 aromatic carbocycles. The normalized spacial score (nSPS) is 12.6. The SMILES string of the molecule is c1ccc2c(c1)Nc1ccccc1[Te]2. The number of rotatable bonds is 0. The summed E-state index contributed by atoms with van der Waals surface area (Å²) in [5.41, 5.74) is 2.60. The van der Waals surface area contributed by atoms with E-state index in [1.54, 1.807) is 0 Å². The van der Waals surface area contributed by atoms with E-state index in [1.165, 1.54) is 18.6 Å². The first-order chi connectivity index (χ1) is 6.93. The molecule has 0 radical (unpaired) electrons. The van der Waals surface area contributed by atoms with Crippen molar-refractivity contribution < 1.29 is 0 Å². The molecule has 1 N–H and O–H groups in total. The van der Waals surface area contributed by atoms with Gasteiger partial charge in [-0.2, -0.15) is 0 Å². The van der Waals surface area contributed by atoms with Crippen molar-refractivity contribution in [2.45, 2.75) is 0 Å². The van der Waals surface area contributed by atoms with Gasteiger partial charge in [-0.1, -0.05) is 0 Å². The Balaban J connectivity index is 2.12. The van der Waals surface area contributed by atoms with Crippen molar-refractivity contribution in [1.82, 2.24) is 0 Å². The van der Waals surface area contributed by atoms with Crippen molar-refractivity contribution in [3.63, 3.8) is 0 Å². The van der Waals surface area contributed by atoms with Crippen LogP contribution in [-0.4, -0.2) is 20.9 Å². The van der Waals surface area contributed by atoms with E-state index >= 15 is 0 Å². The van der Waals surface area contributed by atoms with Crippen molar-refractivity contribution in [2.24, 2.45) is 0 Å². The summed E-state index contributed by atoms with van der Waals surface area (Å²) in [6.07, 6.45) is 0. The molecule has 3 rings (SSSR count). The van der Waals surface area contributed by atoms with Crippen molar-refractivity contribution in [3.8, 4) is 0 Å². The van der Waals surface area contributed by atoms with Crippen LogP contribution in [0.15, 0.2) is 48.5 Å². The van der Waals surface area contributed by atoms with Gasteiger partial charge in [0, 0.05) is 0 Å². The Labute approximate surface area is 93.2 Å². The number of nitrogens with one attached hydrogen (secondary N) is 1. The number of anilines is 2. The van der Waals surface area contributed by atoms with E-state index in [9.17, 15) is 0 Å². The molecule has 1 nitrogen and oxygen atoms in total. The molecule has 68 valence electrons. The molecule has 0 fully saturated rings. The van der Waals surface area contributed by atoms with E-state index in [4.69, 9.17) is 0 Å². The molecule has 1 aliphatic heterocycles. The topological polar surface area (TPSA) is 12.0 Å². The van der Waals surface area contributed by atoms with E-state index in [2.05, 4.69) is 53.8 Å². The molecule has 0 bridgehead atoms. The fraction of sp³-hybridized carbons (Fsp3) is 0. The van der Waals surface area contributed by atoms with Crippen LogP contribution in [0.25, 0.3) is 0 Å². The van der Waals surface area contributed by atoms with Crippen LogP contribution in [0, 0.1) is 0 Å². The first-order valence-corrected chi connectivity index (χ1v) is 6.89. The third-order valence-electron chi connectivity index (χ3n) is 2.26. The van der Waals surface area contributed by atoms with E-state index in [0.717, 1.165) is 0 Å². The maximum absolute atomic E-state index is 3.47. The van der Waals surface area contributed by atoms with Crippen LogP contribution in [0.2, 0.25) is 0 Å². The molecule has 0 saturated carbocycles. The Kier molecular flexibility index (Phi) is 1.97. The van der Waals surface area contributed by atoms with Gasteiger partial charge in [-0.05, 0) is 0 Å². The van der Waals surface area contributed by atoms with E-state index < -0.39 is 0 Å². The second-order valence-electron chi connectivity index (χ2n) is 3.22. The standard InChI is InChI=1S/C12H9NTe/c1-3-7-11-9(5-1)13-10-6-2-4-8-12(10)14-11/h1-8,13H. The number of para-hydroxylation sites is 2. The van der Waals surface area contributed by atoms with Crippen LogP contribution < -0.4 is 12.5 Å². The Morgan fingerprint density at radius 1 is 0.714 bits per heavy atom. The van der Waals surface area contributed by atoms with Crippen LogP contribution in [0.1, 0.15) is 0 Å². The molecule has 0 saturated heterocycles. The van der Waals surface area contributed by atoms with Crippen LogP contribution >= 0.6 is 0 Å². The molecule has 14 heavy (non-hydrogen) atoms. The molecule has 0 atom stereocenters. The molecule has 0 aromatic heterocycles. The van der Waals surface area contributed by atoms with E-state index in [0.29, 0.717) is 0 Å². The summed E-state index contributed by atoms with van der Waals surface area (Å²) in [5, 5.41) is 3.47. The van der Waals surface area contributed by atoms with Gasteiger partial charge in [-0.15, -0.1) is 0 Å². The van der Waals surface area contributed by atoms with Gasteiger partial charge in [-0.3, -0.25) is 0 Å². The quantitative estimate of drug-likeness (QED) is 0.618. The van der Waals surface area contributed by atoms with Crippen molar-refractivity contribution in [2.75, 3.05) is 5.32 Å². The fourth-order valence-corrected chi connectivity index (χ4v) is 4.40. The Morgan fingerprint density at radius 2 is 1.21 bits per heavy atom. The zero-order chi connectivity index (χ0) is 9.38. The molecular weight excluding hydrogens is 286 g/mol. The van der Waals surface area contributed by atoms with Gasteiger partial charge in [0.25, 0.3) is 0 Å². The predicted molar refractivity (Wildman–Crippen MR) is 61.2 cm³/mol. The van der Waals surface area contributed by atoms with Crippen LogP contribution in [0.4, 0.5) is 11.4 Å². The Hall–Kier alpha value is -0.970. The van der Waals surface area contributed by atoms with Gasteiger partial charge in [0.05, 0.1) is 0 Å². The summed E-state index contributed by atoms with van der Waals surface area (Å²) >= 11 is -0.174. The zero-order valence-electron chi connectivity index (χ0n) is 7.53. The number of benzene rings is 2. The first kappa shape index (κ1) is 8.35. The fourth-order valence-electron chi connectivity index (χ4n) is 1.58. The van der Waals surface area contributed by atoms with Crippen LogP contribution in [0.3, 0.4) is 0 Å². The molecular formula is C12H9NTe. The van der Waals surface area contributed by atoms with Crippen molar-refractivity contribution >= 4 is 39.5 Å². The molecule has 2 heteroatoms. The summed E-state index contributed by atoms with van der Waals surface area (Å²) in [6, 6.07) is 17.2. The Morgan fingerprint density at radius 3 is 1.79 bits per heavy atom. The van der Waals surface area contributed by atoms with Gasteiger partial charge in [0.1, 0.15) is 0 Å². The molecule has 0 aliphatic carbocycles. The molecule has 0 spiro atoms. The monoisotopic (exact) mass is 297 g/mol. The number of hydrogen-bond acceptors (Lipinski definition) is 1. The van der Waals surface area contributed by atoms with Gasteiger partial charge >= 0.3 is 93.4 Å². The number of hydrogen-bond donors (Lipinski definition) is 1. The minimum absolute atomic E-state index is 0.174. The second kappa shape index (κ2) is 3.31. The molecule has 1 aliphatic rings. The van der Waals surface area contributed by atoms with E-state index in [-0.39, 0.29) is 20.9 Å². The summed E-state index contributed by atoms with van der Waals surface area (Å²) < 4.78 is 3.02. The summed E-state index contributed by atoms with van der Waals surface area (Å²) in [4.78, 5) is 0. The minimum atomic E-state index is -0.174. The zero-order valence-corrected chi connectivity index (χ0v) is 9.86. The molecule has 0 amide bonds. The molecule has 2 aromatic rings. The predicted octanol–water partition coefficient (Wildman–Crippen LogP) is 1.40. The van der Waals surface area contributed by atoms with Gasteiger partial charge in [-0.25, -0.2) is 0 Å². The van der Waals surface area contributed by atoms with Gasteiger partial charge < -0.3 is 0 Å². The second-order valence-corrected chi connectivity index (χ2v) is 6.31. The molecule has 0 unspecified atom stereocenters. The summed E-state index contributed by atoms with van der Waals surface area (Å²) in [7, 11) is 0. The third-order valence-corrected chi connectivity index (χ3v) is 5.55. The van der Waals surface area contributed by atoms with Crippen LogP contribution in [0.5, 0.6) is 0 Å². The van der Waals surface area contributed by atoms with Crippen molar-refractivity contribution in [3.05, 3.63) is 48.5 Å².